The highest BCUT2D eigenvalue weighted by Gasteiger charge is 2.34. The Bertz CT molecular complexity index is 945. The van der Waals surface area contributed by atoms with Crippen LogP contribution in [0.3, 0.4) is 0 Å². The maximum Gasteiger partial charge on any atom is 0.174 e. The first kappa shape index (κ1) is 18.9. The first-order chi connectivity index (χ1) is 12.5. The topological polar surface area (TPSA) is 74.0 Å². The van der Waals surface area contributed by atoms with Crippen LogP contribution < -0.4 is 0 Å². The number of nitrogens with zero attached hydrogens (tertiary/aromatic N) is 1. The fourth-order valence-corrected chi connectivity index (χ4v) is 4.17. The summed E-state index contributed by atoms with van der Waals surface area (Å²) in [7, 11) is 0. The van der Waals surface area contributed by atoms with Gasteiger partial charge in [-0.3, -0.25) is 9.78 Å². The second-order valence-corrected chi connectivity index (χ2v) is 8.50. The van der Waals surface area contributed by atoms with Crippen molar-refractivity contribution in [2.75, 3.05) is 0 Å². The normalized spacial score (nSPS) is 13.2. The highest BCUT2D eigenvalue weighted by molar-refractivity contribution is 9.11. The monoisotopic (exact) mass is 448 g/mol. The Balaban J connectivity index is 2.03. The predicted octanol–water partition coefficient (Wildman–Crippen LogP) is 5.16. The summed E-state index contributed by atoms with van der Waals surface area (Å²) in [6.07, 6.45) is 1.90. The number of thiophene rings is 1. The van der Waals surface area contributed by atoms with Crippen LogP contribution in [0.4, 0.5) is 0 Å². The van der Waals surface area contributed by atoms with Gasteiger partial charge in [-0.1, -0.05) is 29.8 Å². The van der Waals surface area contributed by atoms with Crippen LogP contribution in [0.15, 0.2) is 64.7 Å². The molecular formula is C19H14BrClN2O2S. The van der Waals surface area contributed by atoms with Gasteiger partial charge in [-0.05, 0) is 51.8 Å². The van der Waals surface area contributed by atoms with Gasteiger partial charge in [-0.2, -0.15) is 0 Å². The highest BCUT2D eigenvalue weighted by Crippen LogP contribution is 2.32. The second kappa shape index (κ2) is 8.22. The number of carbonyl (C=O) groups excluding carboxylic acids is 1. The van der Waals surface area contributed by atoms with E-state index in [4.69, 9.17) is 17.0 Å². The quantitative estimate of drug-likeness (QED) is 0.403. The van der Waals surface area contributed by atoms with E-state index in [9.17, 15) is 9.90 Å². The number of aliphatic hydroxyl groups excluding tert-OH is 1. The van der Waals surface area contributed by atoms with Crippen LogP contribution in [0, 0.1) is 11.3 Å². The molecule has 26 heavy (non-hydrogen) atoms. The van der Waals surface area contributed by atoms with Gasteiger partial charge in [0.05, 0.1) is 21.5 Å². The Morgan fingerprint density at radius 1 is 1.23 bits per heavy atom. The first-order valence-electron chi connectivity index (χ1n) is 7.69. The van der Waals surface area contributed by atoms with Gasteiger partial charge in [0.2, 0.25) is 0 Å². The van der Waals surface area contributed by atoms with Crippen molar-refractivity contribution in [1.82, 2.24) is 4.98 Å². The maximum absolute atomic E-state index is 13.1. The third-order valence-electron chi connectivity index (χ3n) is 3.88. The number of Topliss-reactive ketones (excluding diaryl/α,β-unsaturated/α-hetero) is 1. The number of rotatable bonds is 6. The van der Waals surface area contributed by atoms with Gasteiger partial charge in [0, 0.05) is 27.9 Å². The number of nitrogens with one attached hydrogen (secondary N) is 1. The molecule has 2 N–H and O–H groups in total. The number of pyridine rings is 1. The van der Waals surface area contributed by atoms with Crippen molar-refractivity contribution in [3.8, 4) is 0 Å². The molecule has 132 valence electrons. The molecule has 2 aromatic heterocycles. The lowest BCUT2D eigenvalue weighted by Gasteiger charge is -2.22. The Labute approximate surface area is 168 Å². The van der Waals surface area contributed by atoms with Crippen LogP contribution in [0.25, 0.3) is 0 Å². The van der Waals surface area contributed by atoms with E-state index in [1.165, 1.54) is 17.5 Å². The lowest BCUT2D eigenvalue weighted by molar-refractivity contribution is 0.0793. The van der Waals surface area contributed by atoms with Crippen LogP contribution in [-0.4, -0.2) is 21.6 Å². The van der Waals surface area contributed by atoms with Crippen LogP contribution in [-0.2, 0) is 0 Å². The lowest BCUT2D eigenvalue weighted by Crippen LogP contribution is -2.30. The number of carbonyl (C=O) groups is 1. The van der Waals surface area contributed by atoms with E-state index in [-0.39, 0.29) is 11.5 Å². The Kier molecular flexibility index (Phi) is 5.98. The number of ketones is 1. The SMILES string of the molecule is N=C(c1ccc(Br)s1)C(C(=O)c1cccc(Cl)c1)C(O)c1cccnc1. The summed E-state index contributed by atoms with van der Waals surface area (Å²) in [5.41, 5.74) is 0.890. The second-order valence-electron chi connectivity index (χ2n) is 5.60. The summed E-state index contributed by atoms with van der Waals surface area (Å²) in [6, 6.07) is 13.5. The number of benzene rings is 1. The summed E-state index contributed by atoms with van der Waals surface area (Å²) >= 11 is 10.7. The molecular weight excluding hydrogens is 436 g/mol. The number of aromatic nitrogens is 1. The van der Waals surface area contributed by atoms with Gasteiger partial charge in [-0.15, -0.1) is 11.3 Å². The van der Waals surface area contributed by atoms with Crippen molar-refractivity contribution in [2.24, 2.45) is 5.92 Å². The molecule has 0 saturated heterocycles. The zero-order valence-electron chi connectivity index (χ0n) is 13.4. The summed E-state index contributed by atoms with van der Waals surface area (Å²) in [6.45, 7) is 0. The molecule has 0 aliphatic heterocycles. The van der Waals surface area contributed by atoms with Gasteiger partial charge in [0.15, 0.2) is 5.78 Å². The molecule has 0 aliphatic carbocycles. The molecule has 2 heterocycles. The molecule has 0 saturated carbocycles. The lowest BCUT2D eigenvalue weighted by atomic mass is 9.85. The van der Waals surface area contributed by atoms with E-state index in [0.717, 1.165) is 3.79 Å². The van der Waals surface area contributed by atoms with Gasteiger partial charge in [0.25, 0.3) is 0 Å². The van der Waals surface area contributed by atoms with Crippen LogP contribution in [0.5, 0.6) is 0 Å². The average Bonchev–Trinajstić information content (AvgIpc) is 3.09. The Morgan fingerprint density at radius 2 is 2.04 bits per heavy atom. The number of hydrogen-bond acceptors (Lipinski definition) is 5. The van der Waals surface area contributed by atoms with Crippen molar-refractivity contribution in [3.63, 3.8) is 0 Å². The van der Waals surface area contributed by atoms with Crippen molar-refractivity contribution in [2.45, 2.75) is 6.10 Å². The highest BCUT2D eigenvalue weighted by atomic mass is 79.9. The van der Waals surface area contributed by atoms with E-state index >= 15 is 0 Å². The van der Waals surface area contributed by atoms with Crippen molar-refractivity contribution >= 4 is 50.4 Å². The molecule has 4 nitrogen and oxygen atoms in total. The fraction of sp³-hybridized carbons (Fsp3) is 0.105. The van der Waals surface area contributed by atoms with Gasteiger partial charge in [0.1, 0.15) is 0 Å². The first-order valence-corrected chi connectivity index (χ1v) is 9.68. The van der Waals surface area contributed by atoms with E-state index in [0.29, 0.717) is 21.0 Å². The van der Waals surface area contributed by atoms with Crippen molar-refractivity contribution < 1.29 is 9.90 Å². The van der Waals surface area contributed by atoms with Gasteiger partial charge in [-0.25, -0.2) is 0 Å². The molecule has 2 unspecified atom stereocenters. The van der Waals surface area contributed by atoms with E-state index < -0.39 is 12.0 Å². The summed E-state index contributed by atoms with van der Waals surface area (Å²) < 4.78 is 0.849. The third kappa shape index (κ3) is 4.10. The molecule has 0 amide bonds. The van der Waals surface area contributed by atoms with E-state index in [2.05, 4.69) is 20.9 Å². The largest absolute Gasteiger partial charge is 0.387 e. The Hall–Kier alpha value is -1.86. The third-order valence-corrected chi connectivity index (χ3v) is 5.77. The fourth-order valence-electron chi connectivity index (χ4n) is 2.61. The van der Waals surface area contributed by atoms with Crippen molar-refractivity contribution in [3.05, 3.63) is 85.7 Å². The predicted molar refractivity (Wildman–Crippen MR) is 107 cm³/mol. The zero-order valence-corrected chi connectivity index (χ0v) is 16.6. The minimum Gasteiger partial charge on any atom is -0.387 e. The number of halogens is 2. The van der Waals surface area contributed by atoms with Crippen LogP contribution in [0.2, 0.25) is 5.02 Å². The smallest absolute Gasteiger partial charge is 0.174 e. The number of aliphatic hydroxyl groups is 1. The average molecular weight is 450 g/mol. The summed E-state index contributed by atoms with van der Waals surface area (Å²) in [4.78, 5) is 17.8. The van der Waals surface area contributed by atoms with Crippen LogP contribution >= 0.6 is 38.9 Å². The molecule has 0 bridgehead atoms. The molecule has 7 heteroatoms. The van der Waals surface area contributed by atoms with E-state index in [1.54, 1.807) is 48.7 Å². The molecule has 3 aromatic rings. The molecule has 0 radical (unpaired) electrons. The maximum atomic E-state index is 13.1. The molecule has 0 aliphatic rings. The standard InChI is InChI=1S/C19H14BrClN2O2S/c20-15-7-6-14(26-15)17(22)16(19(25)12-4-2-8-23-10-12)18(24)11-3-1-5-13(21)9-11/h1-10,16,19,22,25H. The van der Waals surface area contributed by atoms with Gasteiger partial charge >= 0.3 is 0 Å². The minimum absolute atomic E-state index is 0.0574. The number of hydrogen-bond donors (Lipinski definition) is 2. The van der Waals surface area contributed by atoms with Gasteiger partial charge < -0.3 is 10.5 Å². The van der Waals surface area contributed by atoms with Crippen LogP contribution in [0.1, 0.15) is 26.9 Å². The molecule has 3 rings (SSSR count). The Morgan fingerprint density at radius 3 is 2.65 bits per heavy atom. The van der Waals surface area contributed by atoms with E-state index in [1.807, 2.05) is 6.07 Å². The zero-order chi connectivity index (χ0) is 18.7. The van der Waals surface area contributed by atoms with Crippen molar-refractivity contribution in [1.29, 1.82) is 5.41 Å². The molecule has 2 atom stereocenters. The molecule has 0 spiro atoms. The molecule has 1 aromatic carbocycles. The summed E-state index contributed by atoms with van der Waals surface area (Å²) in [5, 5.41) is 19.9. The summed E-state index contributed by atoms with van der Waals surface area (Å²) in [5.74, 6) is -1.43. The minimum atomic E-state index is -1.19. The molecule has 0 fully saturated rings.